The van der Waals surface area contributed by atoms with E-state index in [-0.39, 0.29) is 11.4 Å². The Bertz CT molecular complexity index is 629. The number of nitriles is 1. The summed E-state index contributed by atoms with van der Waals surface area (Å²) in [6.45, 7) is 0. The summed E-state index contributed by atoms with van der Waals surface area (Å²) in [6.07, 6.45) is 1.33. The predicted molar refractivity (Wildman–Crippen MR) is 68.9 cm³/mol. The van der Waals surface area contributed by atoms with E-state index in [1.807, 2.05) is 6.07 Å². The summed E-state index contributed by atoms with van der Waals surface area (Å²) in [7, 11) is 1.51. The summed E-state index contributed by atoms with van der Waals surface area (Å²) in [5, 5.41) is 20.1. The van der Waals surface area contributed by atoms with E-state index in [1.165, 1.54) is 13.3 Å². The van der Waals surface area contributed by atoms with Crippen LogP contribution in [0.4, 0.5) is 16.3 Å². The molecule has 0 aliphatic carbocycles. The Morgan fingerprint density at radius 3 is 2.95 bits per heavy atom. The second kappa shape index (κ2) is 5.55. The predicted octanol–water partition coefficient (Wildman–Crippen LogP) is 1.93. The zero-order valence-corrected chi connectivity index (χ0v) is 10.1. The quantitative estimate of drug-likeness (QED) is 0.781. The zero-order chi connectivity index (χ0) is 13.7. The van der Waals surface area contributed by atoms with Crippen molar-refractivity contribution in [2.45, 2.75) is 0 Å². The van der Waals surface area contributed by atoms with Gasteiger partial charge in [-0.1, -0.05) is 12.1 Å². The van der Waals surface area contributed by atoms with E-state index in [4.69, 9.17) is 10.00 Å². The van der Waals surface area contributed by atoms with Crippen LogP contribution in [0.5, 0.6) is 5.75 Å². The Kier molecular flexibility index (Phi) is 3.64. The van der Waals surface area contributed by atoms with E-state index < -0.39 is 6.03 Å². The molecule has 7 nitrogen and oxygen atoms in total. The first-order valence-electron chi connectivity index (χ1n) is 5.39. The number of nitrogens with one attached hydrogen (secondary N) is 3. The molecule has 0 spiro atoms. The monoisotopic (exact) mass is 257 g/mol. The number of anilines is 2. The molecular formula is C12H11N5O2. The maximum Gasteiger partial charge on any atom is 0.324 e. The third-order valence-corrected chi connectivity index (χ3v) is 2.35. The average Bonchev–Trinajstić information content (AvgIpc) is 2.86. The lowest BCUT2D eigenvalue weighted by atomic mass is 10.3. The lowest BCUT2D eigenvalue weighted by Gasteiger charge is -2.10. The maximum atomic E-state index is 11.8. The summed E-state index contributed by atoms with van der Waals surface area (Å²) < 4.78 is 5.11. The number of ether oxygens (including phenoxy) is 1. The molecule has 1 aromatic heterocycles. The molecule has 0 aliphatic rings. The number of H-pyrrole nitrogens is 1. The smallest absolute Gasteiger partial charge is 0.324 e. The molecule has 1 heterocycles. The molecule has 0 bridgehead atoms. The number of aromatic amines is 1. The van der Waals surface area contributed by atoms with Crippen molar-refractivity contribution < 1.29 is 9.53 Å². The lowest BCUT2D eigenvalue weighted by Crippen LogP contribution is -2.20. The summed E-state index contributed by atoms with van der Waals surface area (Å²) in [5.74, 6) is 0.790. The lowest BCUT2D eigenvalue weighted by molar-refractivity contribution is 0.262. The highest BCUT2D eigenvalue weighted by atomic mass is 16.5. The molecule has 0 saturated carbocycles. The van der Waals surface area contributed by atoms with Gasteiger partial charge in [0, 0.05) is 0 Å². The van der Waals surface area contributed by atoms with Crippen molar-refractivity contribution in [1.29, 1.82) is 5.26 Å². The minimum Gasteiger partial charge on any atom is -0.495 e. The highest BCUT2D eigenvalue weighted by Gasteiger charge is 2.10. The van der Waals surface area contributed by atoms with Gasteiger partial charge in [0.2, 0.25) is 0 Å². The molecule has 0 unspecified atom stereocenters. The third kappa shape index (κ3) is 2.81. The molecule has 19 heavy (non-hydrogen) atoms. The normalized spacial score (nSPS) is 9.47. The molecule has 0 aliphatic heterocycles. The number of urea groups is 1. The van der Waals surface area contributed by atoms with Gasteiger partial charge in [-0.25, -0.2) is 4.79 Å². The van der Waals surface area contributed by atoms with Gasteiger partial charge in [-0.3, -0.25) is 10.4 Å². The number of carbonyl (C=O) groups is 1. The second-order valence-corrected chi connectivity index (χ2v) is 3.55. The zero-order valence-electron chi connectivity index (χ0n) is 10.1. The van der Waals surface area contributed by atoms with Crippen LogP contribution in [0.2, 0.25) is 0 Å². The van der Waals surface area contributed by atoms with E-state index >= 15 is 0 Å². The van der Waals surface area contributed by atoms with Crippen LogP contribution < -0.4 is 15.4 Å². The summed E-state index contributed by atoms with van der Waals surface area (Å²) >= 11 is 0. The van der Waals surface area contributed by atoms with Crippen LogP contribution in [0, 0.1) is 11.3 Å². The van der Waals surface area contributed by atoms with Crippen LogP contribution in [-0.4, -0.2) is 23.3 Å². The largest absolute Gasteiger partial charge is 0.495 e. The molecule has 2 aromatic rings. The van der Waals surface area contributed by atoms with Crippen molar-refractivity contribution in [3.63, 3.8) is 0 Å². The standard InChI is InChI=1S/C12H11N5O2/c1-19-10-5-3-2-4-9(10)15-12(18)16-11-8(6-13)7-14-17-11/h2-5,7H,1H3,(H3,14,15,16,17,18). The summed E-state index contributed by atoms with van der Waals surface area (Å²) in [6, 6.07) is 8.41. The number of aromatic nitrogens is 2. The van der Waals surface area contributed by atoms with Crippen LogP contribution in [-0.2, 0) is 0 Å². The highest BCUT2D eigenvalue weighted by molar-refractivity contribution is 6.00. The van der Waals surface area contributed by atoms with Gasteiger partial charge in [0.1, 0.15) is 23.2 Å². The van der Waals surface area contributed by atoms with Crippen LogP contribution in [0.25, 0.3) is 0 Å². The maximum absolute atomic E-state index is 11.8. The molecule has 2 amide bonds. The molecule has 0 fully saturated rings. The number of nitrogens with zero attached hydrogens (tertiary/aromatic N) is 2. The fourth-order valence-electron chi connectivity index (χ4n) is 1.48. The van der Waals surface area contributed by atoms with Crippen molar-refractivity contribution in [2.75, 3.05) is 17.7 Å². The number of hydrogen-bond donors (Lipinski definition) is 3. The van der Waals surface area contributed by atoms with Gasteiger partial charge < -0.3 is 10.1 Å². The van der Waals surface area contributed by atoms with E-state index in [0.29, 0.717) is 11.4 Å². The molecule has 0 radical (unpaired) electrons. The second-order valence-electron chi connectivity index (χ2n) is 3.55. The minimum atomic E-state index is -0.495. The van der Waals surface area contributed by atoms with Gasteiger partial charge >= 0.3 is 6.03 Å². The molecule has 7 heteroatoms. The Hall–Kier alpha value is -3.01. The van der Waals surface area contributed by atoms with E-state index in [2.05, 4.69) is 20.8 Å². The topological polar surface area (TPSA) is 103 Å². The van der Waals surface area contributed by atoms with Crippen molar-refractivity contribution in [2.24, 2.45) is 0 Å². The number of benzene rings is 1. The SMILES string of the molecule is COc1ccccc1NC(=O)Nc1[nH]ncc1C#N. The van der Waals surface area contributed by atoms with Gasteiger partial charge in [-0.2, -0.15) is 10.4 Å². The van der Waals surface area contributed by atoms with Crippen molar-refractivity contribution in [1.82, 2.24) is 10.2 Å². The summed E-state index contributed by atoms with van der Waals surface area (Å²) in [4.78, 5) is 11.8. The molecule has 2 rings (SSSR count). The van der Waals surface area contributed by atoms with Gasteiger partial charge in [0.25, 0.3) is 0 Å². The molecular weight excluding hydrogens is 246 g/mol. The molecule has 3 N–H and O–H groups in total. The first kappa shape index (κ1) is 12.4. The Morgan fingerprint density at radius 2 is 2.21 bits per heavy atom. The Balaban J connectivity index is 2.08. The first-order chi connectivity index (χ1) is 9.24. The van der Waals surface area contributed by atoms with Gasteiger partial charge in [-0.15, -0.1) is 0 Å². The number of methoxy groups -OCH3 is 1. The van der Waals surface area contributed by atoms with Crippen molar-refractivity contribution in [3.8, 4) is 11.8 Å². The number of carbonyl (C=O) groups excluding carboxylic acids is 1. The number of amides is 2. The van der Waals surface area contributed by atoms with Crippen molar-refractivity contribution >= 4 is 17.5 Å². The van der Waals surface area contributed by atoms with Gasteiger partial charge in [0.05, 0.1) is 19.0 Å². The molecule has 0 saturated heterocycles. The Labute approximate surface area is 109 Å². The number of rotatable bonds is 3. The first-order valence-corrected chi connectivity index (χ1v) is 5.39. The fraction of sp³-hybridized carbons (Fsp3) is 0.0833. The average molecular weight is 257 g/mol. The third-order valence-electron chi connectivity index (χ3n) is 2.35. The molecule has 0 atom stereocenters. The van der Waals surface area contributed by atoms with Crippen LogP contribution in [0.3, 0.4) is 0 Å². The van der Waals surface area contributed by atoms with Crippen LogP contribution >= 0.6 is 0 Å². The van der Waals surface area contributed by atoms with Gasteiger partial charge in [-0.05, 0) is 12.1 Å². The van der Waals surface area contributed by atoms with E-state index in [1.54, 1.807) is 24.3 Å². The van der Waals surface area contributed by atoms with E-state index in [0.717, 1.165) is 0 Å². The Morgan fingerprint density at radius 1 is 1.42 bits per heavy atom. The summed E-state index contributed by atoms with van der Waals surface area (Å²) in [5.41, 5.74) is 0.788. The van der Waals surface area contributed by atoms with Gasteiger partial charge in [0.15, 0.2) is 0 Å². The van der Waals surface area contributed by atoms with Crippen LogP contribution in [0.15, 0.2) is 30.5 Å². The number of para-hydroxylation sites is 2. The highest BCUT2D eigenvalue weighted by Crippen LogP contribution is 2.23. The van der Waals surface area contributed by atoms with Crippen molar-refractivity contribution in [3.05, 3.63) is 36.0 Å². The molecule has 96 valence electrons. The molecule has 1 aromatic carbocycles. The minimum absolute atomic E-state index is 0.245. The fourth-order valence-corrected chi connectivity index (χ4v) is 1.48. The number of hydrogen-bond acceptors (Lipinski definition) is 4. The van der Waals surface area contributed by atoms with Crippen LogP contribution in [0.1, 0.15) is 5.56 Å². The van der Waals surface area contributed by atoms with E-state index in [9.17, 15) is 4.79 Å².